The number of hydrogen-bond donors (Lipinski definition) is 3. The van der Waals surface area contributed by atoms with Crippen molar-refractivity contribution in [2.75, 3.05) is 0 Å². The van der Waals surface area contributed by atoms with Gasteiger partial charge in [0.05, 0.1) is 0 Å². The molecule has 6 nitrogen and oxygen atoms in total. The molecule has 0 radical (unpaired) electrons. The molecule has 0 saturated heterocycles. The molecule has 31 heavy (non-hydrogen) atoms. The minimum Gasteiger partial charge on any atom is -0.481 e. The molecule has 0 aromatic rings. The van der Waals surface area contributed by atoms with E-state index in [0.717, 1.165) is 57.8 Å². The molecular weight excluding hydrogens is 394 g/mol. The topological polar surface area (TPSA) is 104 Å². The second-order valence-electron chi connectivity index (χ2n) is 8.80. The molecule has 182 valence electrons. The molecule has 0 heterocycles. The van der Waals surface area contributed by atoms with Crippen LogP contribution in [0.3, 0.4) is 0 Å². The molecule has 0 aromatic carbocycles. The smallest absolute Gasteiger partial charge is 0.326 e. The van der Waals surface area contributed by atoms with Crippen LogP contribution >= 0.6 is 0 Å². The van der Waals surface area contributed by atoms with Gasteiger partial charge in [-0.25, -0.2) is 4.79 Å². The van der Waals surface area contributed by atoms with E-state index < -0.39 is 18.0 Å². The SMILES string of the molecule is CCCCC[C@H](NC(=O)CCCCCCCCCCCCCCCCC(=O)O)C(=O)O. The van der Waals surface area contributed by atoms with Gasteiger partial charge >= 0.3 is 11.9 Å². The molecule has 0 fully saturated rings. The second kappa shape index (κ2) is 21.6. The third kappa shape index (κ3) is 21.4. The van der Waals surface area contributed by atoms with Crippen molar-refractivity contribution >= 4 is 17.8 Å². The van der Waals surface area contributed by atoms with E-state index in [-0.39, 0.29) is 5.91 Å². The number of amides is 1. The highest BCUT2D eigenvalue weighted by atomic mass is 16.4. The zero-order chi connectivity index (χ0) is 23.2. The van der Waals surface area contributed by atoms with Crippen LogP contribution in [0.2, 0.25) is 0 Å². The number of hydrogen-bond acceptors (Lipinski definition) is 3. The minimum atomic E-state index is -0.930. The van der Waals surface area contributed by atoms with E-state index in [9.17, 15) is 19.5 Å². The summed E-state index contributed by atoms with van der Waals surface area (Å²) in [5, 5.41) is 20.5. The molecule has 0 aromatic heterocycles. The predicted molar refractivity (Wildman–Crippen MR) is 125 cm³/mol. The lowest BCUT2D eigenvalue weighted by atomic mass is 10.0. The number of rotatable bonds is 23. The Labute approximate surface area is 189 Å². The summed E-state index contributed by atoms with van der Waals surface area (Å²) in [6.07, 6.45) is 20.2. The highest BCUT2D eigenvalue weighted by molar-refractivity contribution is 5.83. The molecule has 0 rings (SSSR count). The summed E-state index contributed by atoms with van der Waals surface area (Å²) in [6, 6.07) is -0.740. The number of nitrogens with one attached hydrogen (secondary N) is 1. The first kappa shape index (κ1) is 29.4. The molecule has 1 atom stereocenters. The van der Waals surface area contributed by atoms with Gasteiger partial charge in [-0.2, -0.15) is 0 Å². The highest BCUT2D eigenvalue weighted by Crippen LogP contribution is 2.14. The van der Waals surface area contributed by atoms with Crippen LogP contribution in [0.4, 0.5) is 0 Å². The third-order valence-corrected chi connectivity index (χ3v) is 5.77. The van der Waals surface area contributed by atoms with Gasteiger partial charge in [-0.1, -0.05) is 103 Å². The normalized spacial score (nSPS) is 11.9. The predicted octanol–water partition coefficient (Wildman–Crippen LogP) is 6.46. The van der Waals surface area contributed by atoms with Gasteiger partial charge in [0.25, 0.3) is 0 Å². The van der Waals surface area contributed by atoms with Crippen molar-refractivity contribution in [3.8, 4) is 0 Å². The zero-order valence-corrected chi connectivity index (χ0v) is 19.8. The first-order valence-electron chi connectivity index (χ1n) is 12.7. The van der Waals surface area contributed by atoms with Crippen LogP contribution in [0.5, 0.6) is 0 Å². The third-order valence-electron chi connectivity index (χ3n) is 5.77. The molecule has 0 bridgehead atoms. The molecule has 0 spiro atoms. The standard InChI is InChI=1S/C25H47NO5/c1-2-3-16-19-22(25(30)31)26-23(27)20-17-14-12-10-8-6-4-5-7-9-11-13-15-18-21-24(28)29/h22H,2-21H2,1H3,(H,26,27)(H,28,29)(H,30,31)/t22-/m0/s1. The lowest BCUT2D eigenvalue weighted by Gasteiger charge is -2.14. The minimum absolute atomic E-state index is 0.134. The van der Waals surface area contributed by atoms with E-state index in [4.69, 9.17) is 5.11 Å². The first-order chi connectivity index (χ1) is 15.0. The molecule has 0 saturated carbocycles. The molecule has 3 N–H and O–H groups in total. The summed E-state index contributed by atoms with van der Waals surface area (Å²) in [5.41, 5.74) is 0. The fourth-order valence-electron chi connectivity index (χ4n) is 3.81. The summed E-state index contributed by atoms with van der Waals surface area (Å²) in [6.45, 7) is 2.08. The number of carbonyl (C=O) groups excluding carboxylic acids is 1. The largest absolute Gasteiger partial charge is 0.481 e. The Balaban J connectivity index is 3.40. The van der Waals surface area contributed by atoms with Crippen LogP contribution in [0, 0.1) is 0 Å². The van der Waals surface area contributed by atoms with Crippen molar-refractivity contribution in [3.05, 3.63) is 0 Å². The Kier molecular flexibility index (Phi) is 20.5. The van der Waals surface area contributed by atoms with Gasteiger partial charge in [0, 0.05) is 12.8 Å². The van der Waals surface area contributed by atoms with Gasteiger partial charge in [0.1, 0.15) is 6.04 Å². The van der Waals surface area contributed by atoms with Gasteiger partial charge in [-0.15, -0.1) is 0 Å². The van der Waals surface area contributed by atoms with Crippen LogP contribution in [0.1, 0.15) is 135 Å². The highest BCUT2D eigenvalue weighted by Gasteiger charge is 2.18. The number of aliphatic carboxylic acids is 2. The lowest BCUT2D eigenvalue weighted by molar-refractivity contribution is -0.142. The fraction of sp³-hybridized carbons (Fsp3) is 0.880. The summed E-state index contributed by atoms with van der Waals surface area (Å²) < 4.78 is 0. The molecule has 0 aliphatic heterocycles. The van der Waals surface area contributed by atoms with Crippen molar-refractivity contribution in [1.82, 2.24) is 5.32 Å². The van der Waals surface area contributed by atoms with E-state index in [2.05, 4.69) is 12.2 Å². The van der Waals surface area contributed by atoms with Crippen LogP contribution < -0.4 is 5.32 Å². The summed E-state index contributed by atoms with van der Waals surface area (Å²) >= 11 is 0. The van der Waals surface area contributed by atoms with Crippen molar-refractivity contribution < 1.29 is 24.6 Å². The van der Waals surface area contributed by atoms with Crippen LogP contribution in [-0.2, 0) is 14.4 Å². The van der Waals surface area contributed by atoms with E-state index in [0.29, 0.717) is 19.3 Å². The Hall–Kier alpha value is -1.59. The van der Waals surface area contributed by atoms with E-state index in [1.54, 1.807) is 0 Å². The number of carbonyl (C=O) groups is 3. The van der Waals surface area contributed by atoms with Gasteiger partial charge < -0.3 is 15.5 Å². The van der Waals surface area contributed by atoms with Gasteiger partial charge in [0.15, 0.2) is 0 Å². The number of carboxylic acid groups (broad SMARTS) is 2. The monoisotopic (exact) mass is 441 g/mol. The zero-order valence-electron chi connectivity index (χ0n) is 19.8. The summed E-state index contributed by atoms with van der Waals surface area (Å²) in [7, 11) is 0. The van der Waals surface area contributed by atoms with Crippen molar-refractivity contribution in [2.24, 2.45) is 0 Å². The van der Waals surface area contributed by atoms with Gasteiger partial charge in [-0.05, 0) is 19.3 Å². The second-order valence-corrected chi connectivity index (χ2v) is 8.80. The van der Waals surface area contributed by atoms with Crippen molar-refractivity contribution in [2.45, 2.75) is 141 Å². The Bertz CT molecular complexity index is 467. The first-order valence-corrected chi connectivity index (χ1v) is 12.7. The average molecular weight is 442 g/mol. The average Bonchev–Trinajstić information content (AvgIpc) is 2.72. The van der Waals surface area contributed by atoms with E-state index in [1.807, 2.05) is 0 Å². The Morgan fingerprint density at radius 2 is 1.03 bits per heavy atom. The van der Waals surface area contributed by atoms with Crippen molar-refractivity contribution in [3.63, 3.8) is 0 Å². The molecule has 0 aliphatic carbocycles. The number of carboxylic acids is 2. The summed E-state index contributed by atoms with van der Waals surface area (Å²) in [5.74, 6) is -1.75. The molecule has 6 heteroatoms. The van der Waals surface area contributed by atoms with Crippen LogP contribution in [-0.4, -0.2) is 34.1 Å². The van der Waals surface area contributed by atoms with Gasteiger partial charge in [-0.3, -0.25) is 9.59 Å². The maximum Gasteiger partial charge on any atom is 0.326 e. The maximum atomic E-state index is 12.0. The molecule has 0 unspecified atom stereocenters. The Morgan fingerprint density at radius 1 is 0.613 bits per heavy atom. The van der Waals surface area contributed by atoms with Crippen LogP contribution in [0.15, 0.2) is 0 Å². The van der Waals surface area contributed by atoms with Gasteiger partial charge in [0.2, 0.25) is 5.91 Å². The lowest BCUT2D eigenvalue weighted by Crippen LogP contribution is -2.40. The van der Waals surface area contributed by atoms with Crippen molar-refractivity contribution in [1.29, 1.82) is 0 Å². The van der Waals surface area contributed by atoms with E-state index in [1.165, 1.54) is 51.4 Å². The Morgan fingerprint density at radius 3 is 1.42 bits per heavy atom. The number of unbranched alkanes of at least 4 members (excludes halogenated alkanes) is 15. The molecule has 0 aliphatic rings. The summed E-state index contributed by atoms with van der Waals surface area (Å²) in [4.78, 5) is 33.6. The van der Waals surface area contributed by atoms with E-state index >= 15 is 0 Å². The fourth-order valence-corrected chi connectivity index (χ4v) is 3.81. The van der Waals surface area contributed by atoms with Crippen LogP contribution in [0.25, 0.3) is 0 Å². The molecular formula is C25H47NO5. The molecule has 1 amide bonds. The maximum absolute atomic E-state index is 12.0. The quantitative estimate of drug-likeness (QED) is 0.158.